The van der Waals surface area contributed by atoms with Crippen molar-refractivity contribution in [3.63, 3.8) is 0 Å². The second kappa shape index (κ2) is 4.49. The third-order valence-electron chi connectivity index (χ3n) is 2.63. The summed E-state index contributed by atoms with van der Waals surface area (Å²) in [7, 11) is 1.64. The zero-order chi connectivity index (χ0) is 11.5. The molecule has 2 nitrogen and oxygen atoms in total. The number of aliphatic hydroxyl groups is 1. The number of hydrogen-bond donors (Lipinski definition) is 1. The highest BCUT2D eigenvalue weighted by Gasteiger charge is 2.21. The highest BCUT2D eigenvalue weighted by molar-refractivity contribution is 5.29. The molecule has 1 N–H and O–H groups in total. The molecule has 1 rings (SSSR count). The van der Waals surface area contributed by atoms with E-state index in [1.54, 1.807) is 14.0 Å². The molecule has 1 aromatic carbocycles. The van der Waals surface area contributed by atoms with Crippen LogP contribution in [0.4, 0.5) is 0 Å². The molecule has 0 saturated carbocycles. The Bertz CT molecular complexity index is 336. The van der Waals surface area contributed by atoms with E-state index in [1.165, 1.54) is 0 Å². The van der Waals surface area contributed by atoms with E-state index in [0.717, 1.165) is 16.9 Å². The minimum atomic E-state index is -0.839. The Labute approximate surface area is 91.2 Å². The summed E-state index contributed by atoms with van der Waals surface area (Å²) < 4.78 is 5.07. The molecule has 0 radical (unpaired) electrons. The lowest BCUT2D eigenvalue weighted by atomic mass is 9.91. The molecule has 0 amide bonds. The smallest absolute Gasteiger partial charge is 0.118 e. The average Bonchev–Trinajstić information content (AvgIpc) is 2.18. The first-order chi connectivity index (χ1) is 6.95. The van der Waals surface area contributed by atoms with Crippen molar-refractivity contribution in [3.05, 3.63) is 42.0 Å². The van der Waals surface area contributed by atoms with Gasteiger partial charge in [0.1, 0.15) is 5.75 Å². The third kappa shape index (κ3) is 3.10. The second-order valence-corrected chi connectivity index (χ2v) is 4.08. The Morgan fingerprint density at radius 3 is 2.33 bits per heavy atom. The topological polar surface area (TPSA) is 29.5 Å². The van der Waals surface area contributed by atoms with E-state index in [-0.39, 0.29) is 0 Å². The van der Waals surface area contributed by atoms with Gasteiger partial charge in [-0.1, -0.05) is 18.7 Å². The van der Waals surface area contributed by atoms with Crippen LogP contribution in [0.2, 0.25) is 0 Å². The lowest BCUT2D eigenvalue weighted by molar-refractivity contribution is 0.0996. The number of ether oxygens (including phenoxy) is 1. The van der Waals surface area contributed by atoms with Crippen LogP contribution >= 0.6 is 0 Å². The van der Waals surface area contributed by atoms with Gasteiger partial charge in [0, 0.05) is 6.42 Å². The molecule has 82 valence electrons. The van der Waals surface area contributed by atoms with Crippen LogP contribution < -0.4 is 4.74 Å². The van der Waals surface area contributed by atoms with Gasteiger partial charge < -0.3 is 9.84 Å². The largest absolute Gasteiger partial charge is 0.497 e. The zero-order valence-corrected chi connectivity index (χ0v) is 9.58. The van der Waals surface area contributed by atoms with Crippen molar-refractivity contribution in [1.29, 1.82) is 0 Å². The predicted molar refractivity (Wildman–Crippen MR) is 62.1 cm³/mol. The van der Waals surface area contributed by atoms with Crippen LogP contribution in [0.3, 0.4) is 0 Å². The summed E-state index contributed by atoms with van der Waals surface area (Å²) in [5.74, 6) is 0.828. The summed E-state index contributed by atoms with van der Waals surface area (Å²) >= 11 is 0. The van der Waals surface area contributed by atoms with E-state index >= 15 is 0 Å². The third-order valence-corrected chi connectivity index (χ3v) is 2.63. The predicted octanol–water partition coefficient (Wildman–Crippen LogP) is 2.56. The first kappa shape index (κ1) is 11.8. The Kier molecular flexibility index (Phi) is 3.53. The molecule has 2 heteroatoms. The van der Waals surface area contributed by atoms with Crippen molar-refractivity contribution in [1.82, 2.24) is 0 Å². The van der Waals surface area contributed by atoms with Crippen LogP contribution in [-0.4, -0.2) is 17.8 Å². The van der Waals surface area contributed by atoms with Crippen LogP contribution in [0.1, 0.15) is 19.4 Å². The van der Waals surface area contributed by atoms with Gasteiger partial charge >= 0.3 is 0 Å². The maximum absolute atomic E-state index is 10.0. The number of methoxy groups -OCH3 is 1. The highest BCUT2D eigenvalue weighted by atomic mass is 16.5. The lowest BCUT2D eigenvalue weighted by Gasteiger charge is -2.23. The Morgan fingerprint density at radius 2 is 1.93 bits per heavy atom. The van der Waals surface area contributed by atoms with Crippen molar-refractivity contribution in [2.75, 3.05) is 7.11 Å². The van der Waals surface area contributed by atoms with Gasteiger partial charge in [0.15, 0.2) is 0 Å². The maximum atomic E-state index is 10.0. The summed E-state index contributed by atoms with van der Waals surface area (Å²) in [6.45, 7) is 7.40. The van der Waals surface area contributed by atoms with Gasteiger partial charge in [-0.25, -0.2) is 0 Å². The molecule has 1 atom stereocenters. The number of rotatable bonds is 4. The molecule has 0 aliphatic rings. The first-order valence-corrected chi connectivity index (χ1v) is 4.97. The van der Waals surface area contributed by atoms with Gasteiger partial charge in [0.05, 0.1) is 12.7 Å². The van der Waals surface area contributed by atoms with Gasteiger partial charge in [0.25, 0.3) is 0 Å². The summed E-state index contributed by atoms with van der Waals surface area (Å²) in [6.07, 6.45) is 0.576. The molecule has 0 spiro atoms. The second-order valence-electron chi connectivity index (χ2n) is 4.08. The van der Waals surface area contributed by atoms with E-state index in [2.05, 4.69) is 6.58 Å². The molecule has 1 aromatic rings. The Hall–Kier alpha value is -1.28. The van der Waals surface area contributed by atoms with Gasteiger partial charge in [-0.2, -0.15) is 0 Å². The number of hydrogen-bond acceptors (Lipinski definition) is 2. The molecular formula is C13H18O2. The average molecular weight is 206 g/mol. The van der Waals surface area contributed by atoms with Crippen molar-refractivity contribution in [2.45, 2.75) is 25.9 Å². The van der Waals surface area contributed by atoms with Crippen molar-refractivity contribution in [3.8, 4) is 5.75 Å². The van der Waals surface area contributed by atoms with Gasteiger partial charge in [-0.3, -0.25) is 0 Å². The van der Waals surface area contributed by atoms with Crippen LogP contribution in [-0.2, 0) is 6.42 Å². The molecule has 0 aromatic heterocycles. The summed E-state index contributed by atoms with van der Waals surface area (Å²) in [6, 6.07) is 7.69. The van der Waals surface area contributed by atoms with Crippen LogP contribution in [0, 0.1) is 0 Å². The molecule has 0 bridgehead atoms. The monoisotopic (exact) mass is 206 g/mol. The standard InChI is InChI=1S/C13H18O2/c1-10(2)13(3,14)9-11-5-7-12(15-4)8-6-11/h5-8,14H,1,9H2,2-4H3. The van der Waals surface area contributed by atoms with Crippen molar-refractivity contribution >= 4 is 0 Å². The van der Waals surface area contributed by atoms with Gasteiger partial charge in [0.2, 0.25) is 0 Å². The fourth-order valence-electron chi connectivity index (χ4n) is 1.29. The molecule has 0 saturated heterocycles. The maximum Gasteiger partial charge on any atom is 0.118 e. The van der Waals surface area contributed by atoms with Crippen LogP contribution in [0.5, 0.6) is 5.75 Å². The molecule has 0 fully saturated rings. The van der Waals surface area contributed by atoms with E-state index in [9.17, 15) is 5.11 Å². The minimum Gasteiger partial charge on any atom is -0.497 e. The molecule has 0 heterocycles. The Morgan fingerprint density at radius 1 is 1.40 bits per heavy atom. The number of benzene rings is 1. The lowest BCUT2D eigenvalue weighted by Crippen LogP contribution is -2.27. The molecule has 15 heavy (non-hydrogen) atoms. The van der Waals surface area contributed by atoms with Gasteiger partial charge in [-0.05, 0) is 37.1 Å². The Balaban J connectivity index is 2.77. The van der Waals surface area contributed by atoms with E-state index in [0.29, 0.717) is 6.42 Å². The van der Waals surface area contributed by atoms with Crippen LogP contribution in [0.15, 0.2) is 36.4 Å². The summed E-state index contributed by atoms with van der Waals surface area (Å²) in [4.78, 5) is 0. The van der Waals surface area contributed by atoms with Crippen molar-refractivity contribution < 1.29 is 9.84 Å². The van der Waals surface area contributed by atoms with E-state index < -0.39 is 5.60 Å². The van der Waals surface area contributed by atoms with E-state index in [4.69, 9.17) is 4.74 Å². The van der Waals surface area contributed by atoms with E-state index in [1.807, 2.05) is 31.2 Å². The normalized spacial score (nSPS) is 14.4. The highest BCUT2D eigenvalue weighted by Crippen LogP contribution is 2.21. The minimum absolute atomic E-state index is 0.576. The van der Waals surface area contributed by atoms with Crippen molar-refractivity contribution in [2.24, 2.45) is 0 Å². The van der Waals surface area contributed by atoms with Gasteiger partial charge in [-0.15, -0.1) is 0 Å². The fourth-order valence-corrected chi connectivity index (χ4v) is 1.29. The molecular weight excluding hydrogens is 188 g/mol. The summed E-state index contributed by atoms with van der Waals surface area (Å²) in [5.41, 5.74) is 1.01. The zero-order valence-electron chi connectivity index (χ0n) is 9.58. The molecule has 1 unspecified atom stereocenters. The van der Waals surface area contributed by atoms with Crippen LogP contribution in [0.25, 0.3) is 0 Å². The SMILES string of the molecule is C=C(C)C(C)(O)Cc1ccc(OC)cc1. The summed E-state index contributed by atoms with van der Waals surface area (Å²) in [5, 5.41) is 10.0. The molecule has 0 aliphatic carbocycles. The quantitative estimate of drug-likeness (QED) is 0.767. The molecule has 0 aliphatic heterocycles. The fraction of sp³-hybridized carbons (Fsp3) is 0.385. The first-order valence-electron chi connectivity index (χ1n) is 4.97.